The van der Waals surface area contributed by atoms with Gasteiger partial charge >= 0.3 is 0 Å². The van der Waals surface area contributed by atoms with Crippen LogP contribution in [-0.2, 0) is 0 Å². The summed E-state index contributed by atoms with van der Waals surface area (Å²) >= 11 is 5.16. The molecule has 0 aliphatic heterocycles. The van der Waals surface area contributed by atoms with E-state index in [-0.39, 0.29) is 0 Å². The fraction of sp³-hybridized carbons (Fsp3) is 0.200. The van der Waals surface area contributed by atoms with Gasteiger partial charge in [0.25, 0.3) is 0 Å². The van der Waals surface area contributed by atoms with Crippen molar-refractivity contribution in [3.8, 4) is 5.88 Å². The minimum absolute atomic E-state index is 0.462. The van der Waals surface area contributed by atoms with Gasteiger partial charge < -0.3 is 9.72 Å². The second-order valence-electron chi connectivity index (χ2n) is 3.76. The standard InChI is InChI=1S/C13H10N2OS.C2H6/c1-16-12-13(17)14-10-7-6-8-4-2-3-5-9(8)11(10)15-12;1-2/h2-7H,1H3,(H,14,17);1-2H3. The van der Waals surface area contributed by atoms with E-state index < -0.39 is 0 Å². The molecule has 98 valence electrons. The average Bonchev–Trinajstić information content (AvgIpc) is 2.48. The maximum Gasteiger partial charge on any atom is 0.249 e. The molecule has 1 heterocycles. The van der Waals surface area contributed by atoms with Gasteiger partial charge in [-0.15, -0.1) is 0 Å². The lowest BCUT2D eigenvalue weighted by atomic mass is 10.1. The number of nitrogens with zero attached hydrogens (tertiary/aromatic N) is 1. The van der Waals surface area contributed by atoms with Crippen LogP contribution in [0.4, 0.5) is 0 Å². The van der Waals surface area contributed by atoms with E-state index >= 15 is 0 Å². The average molecular weight is 272 g/mol. The van der Waals surface area contributed by atoms with Crippen LogP contribution < -0.4 is 4.74 Å². The summed E-state index contributed by atoms with van der Waals surface area (Å²) < 4.78 is 5.68. The number of ether oxygens (including phenoxy) is 1. The van der Waals surface area contributed by atoms with Crippen molar-refractivity contribution in [2.75, 3.05) is 7.11 Å². The number of hydrogen-bond acceptors (Lipinski definition) is 3. The Labute approximate surface area is 117 Å². The van der Waals surface area contributed by atoms with Gasteiger partial charge in [0.2, 0.25) is 5.88 Å². The first kappa shape index (κ1) is 13.5. The van der Waals surface area contributed by atoms with Crippen molar-refractivity contribution in [1.82, 2.24) is 9.97 Å². The Morgan fingerprint density at radius 2 is 1.84 bits per heavy atom. The molecule has 0 aliphatic carbocycles. The number of aromatic nitrogens is 2. The Hall–Kier alpha value is -1.94. The van der Waals surface area contributed by atoms with Crippen LogP contribution in [0.25, 0.3) is 21.8 Å². The lowest BCUT2D eigenvalue weighted by Gasteiger charge is -2.05. The molecule has 0 fully saturated rings. The quantitative estimate of drug-likeness (QED) is 0.524. The largest absolute Gasteiger partial charge is 0.479 e. The molecule has 2 aromatic carbocycles. The van der Waals surface area contributed by atoms with E-state index in [0.717, 1.165) is 21.8 Å². The molecule has 1 aromatic heterocycles. The molecule has 0 atom stereocenters. The molecule has 4 heteroatoms. The van der Waals surface area contributed by atoms with Gasteiger partial charge in [-0.3, -0.25) is 0 Å². The SMILES string of the molecule is CC.COc1nc2c(ccc3ccccc32)[nH]c1=S. The van der Waals surface area contributed by atoms with Crippen molar-refractivity contribution >= 4 is 34.0 Å². The summed E-state index contributed by atoms with van der Waals surface area (Å²) in [6.45, 7) is 4.00. The molecule has 0 saturated heterocycles. The predicted octanol–water partition coefficient (Wildman–Crippen LogP) is 4.48. The Bertz CT molecular complexity index is 765. The fourth-order valence-electron chi connectivity index (χ4n) is 1.94. The molecule has 0 radical (unpaired) electrons. The molecule has 0 unspecified atom stereocenters. The third-order valence-corrected chi connectivity index (χ3v) is 3.03. The van der Waals surface area contributed by atoms with Gasteiger partial charge in [0.05, 0.1) is 18.1 Å². The van der Waals surface area contributed by atoms with Gasteiger partial charge in [0, 0.05) is 5.39 Å². The summed E-state index contributed by atoms with van der Waals surface area (Å²) in [4.78, 5) is 7.59. The number of methoxy groups -OCH3 is 1. The molecule has 0 saturated carbocycles. The van der Waals surface area contributed by atoms with Crippen LogP contribution in [0.5, 0.6) is 5.88 Å². The first-order valence-corrected chi connectivity index (χ1v) is 6.66. The number of rotatable bonds is 1. The van der Waals surface area contributed by atoms with E-state index in [4.69, 9.17) is 17.0 Å². The molecule has 1 N–H and O–H groups in total. The monoisotopic (exact) mass is 272 g/mol. The Kier molecular flexibility index (Phi) is 4.12. The molecule has 0 aliphatic rings. The van der Waals surface area contributed by atoms with Crippen LogP contribution in [0.2, 0.25) is 0 Å². The van der Waals surface area contributed by atoms with Crippen LogP contribution in [0.1, 0.15) is 13.8 Å². The maximum atomic E-state index is 5.16. The van der Waals surface area contributed by atoms with Gasteiger partial charge in [-0.05, 0) is 11.5 Å². The molecule has 0 bridgehead atoms. The minimum Gasteiger partial charge on any atom is -0.479 e. The molecule has 3 rings (SSSR count). The second kappa shape index (κ2) is 5.80. The molecule has 0 amide bonds. The lowest BCUT2D eigenvalue weighted by molar-refractivity contribution is 0.396. The number of hydrogen-bond donors (Lipinski definition) is 1. The summed E-state index contributed by atoms with van der Waals surface area (Å²) in [5.74, 6) is 0.462. The summed E-state index contributed by atoms with van der Waals surface area (Å²) in [7, 11) is 1.57. The van der Waals surface area contributed by atoms with Crippen LogP contribution in [0, 0.1) is 4.64 Å². The Morgan fingerprint density at radius 1 is 1.11 bits per heavy atom. The van der Waals surface area contributed by atoms with Crippen LogP contribution in [-0.4, -0.2) is 17.1 Å². The molecule has 19 heavy (non-hydrogen) atoms. The lowest BCUT2D eigenvalue weighted by Crippen LogP contribution is -1.93. The van der Waals surface area contributed by atoms with Gasteiger partial charge in [-0.1, -0.05) is 56.4 Å². The number of aromatic amines is 1. The molecular formula is C15H16N2OS. The number of nitrogens with one attached hydrogen (secondary N) is 1. The summed E-state index contributed by atoms with van der Waals surface area (Å²) in [6, 6.07) is 12.1. The van der Waals surface area contributed by atoms with Gasteiger partial charge in [-0.25, -0.2) is 4.98 Å². The summed E-state index contributed by atoms with van der Waals surface area (Å²) in [5.41, 5.74) is 1.81. The zero-order valence-corrected chi connectivity index (χ0v) is 12.0. The van der Waals surface area contributed by atoms with Crippen LogP contribution in [0.3, 0.4) is 0 Å². The zero-order chi connectivity index (χ0) is 13.8. The van der Waals surface area contributed by atoms with Crippen molar-refractivity contribution in [1.29, 1.82) is 0 Å². The van der Waals surface area contributed by atoms with Gasteiger partial charge in [-0.2, -0.15) is 0 Å². The number of fused-ring (bicyclic) bond motifs is 3. The van der Waals surface area contributed by atoms with E-state index in [1.807, 2.05) is 38.1 Å². The molecular weight excluding hydrogens is 256 g/mol. The predicted molar refractivity (Wildman–Crippen MR) is 82.3 cm³/mol. The highest BCUT2D eigenvalue weighted by molar-refractivity contribution is 7.71. The molecule has 3 nitrogen and oxygen atoms in total. The number of benzene rings is 2. The molecule has 3 aromatic rings. The van der Waals surface area contributed by atoms with Crippen molar-refractivity contribution in [3.63, 3.8) is 0 Å². The summed E-state index contributed by atoms with van der Waals surface area (Å²) in [6.07, 6.45) is 0. The van der Waals surface area contributed by atoms with Crippen molar-refractivity contribution < 1.29 is 4.74 Å². The van der Waals surface area contributed by atoms with E-state index in [9.17, 15) is 0 Å². The van der Waals surface area contributed by atoms with Crippen molar-refractivity contribution in [3.05, 3.63) is 41.0 Å². The smallest absolute Gasteiger partial charge is 0.249 e. The maximum absolute atomic E-state index is 5.16. The molecule has 0 spiro atoms. The van der Waals surface area contributed by atoms with Gasteiger partial charge in [0.15, 0.2) is 4.64 Å². The van der Waals surface area contributed by atoms with Gasteiger partial charge in [0.1, 0.15) is 0 Å². The van der Waals surface area contributed by atoms with Crippen molar-refractivity contribution in [2.45, 2.75) is 13.8 Å². The Morgan fingerprint density at radius 3 is 2.58 bits per heavy atom. The fourth-order valence-corrected chi connectivity index (χ4v) is 2.18. The minimum atomic E-state index is 0.462. The Balaban J connectivity index is 0.000000637. The highest BCUT2D eigenvalue weighted by Crippen LogP contribution is 2.24. The highest BCUT2D eigenvalue weighted by atomic mass is 32.1. The van der Waals surface area contributed by atoms with E-state index in [1.54, 1.807) is 7.11 Å². The van der Waals surface area contributed by atoms with Crippen LogP contribution in [0.15, 0.2) is 36.4 Å². The van der Waals surface area contributed by atoms with E-state index in [2.05, 4.69) is 22.1 Å². The first-order chi connectivity index (χ1) is 9.29. The second-order valence-corrected chi connectivity index (χ2v) is 4.17. The number of H-pyrrole nitrogens is 1. The van der Waals surface area contributed by atoms with Crippen LogP contribution >= 0.6 is 12.2 Å². The highest BCUT2D eigenvalue weighted by Gasteiger charge is 2.05. The summed E-state index contributed by atoms with van der Waals surface area (Å²) in [5, 5.41) is 2.25. The van der Waals surface area contributed by atoms with E-state index in [1.165, 1.54) is 0 Å². The zero-order valence-electron chi connectivity index (χ0n) is 11.2. The van der Waals surface area contributed by atoms with Crippen molar-refractivity contribution in [2.24, 2.45) is 0 Å². The third-order valence-electron chi connectivity index (χ3n) is 2.75. The van der Waals surface area contributed by atoms with E-state index in [0.29, 0.717) is 10.5 Å². The normalized spacial score (nSPS) is 10.1. The topological polar surface area (TPSA) is 37.9 Å². The third kappa shape index (κ3) is 2.44. The first-order valence-electron chi connectivity index (χ1n) is 6.25.